The smallest absolute Gasteiger partial charge is 0.416 e. The van der Waals surface area contributed by atoms with Crippen molar-refractivity contribution in [2.45, 2.75) is 64.6 Å². The molecule has 0 unspecified atom stereocenters. The Morgan fingerprint density at radius 2 is 1.48 bits per heavy atom. The Balaban J connectivity index is 2.22. The summed E-state index contributed by atoms with van der Waals surface area (Å²) in [5.41, 5.74) is -2.83. The Kier molecular flexibility index (Phi) is 10.1. The summed E-state index contributed by atoms with van der Waals surface area (Å²) in [5, 5.41) is 0. The molecular formula is C28H32F6N2O6. The number of nitrogens with zero attached hydrogens (tertiary/aromatic N) is 2. The van der Waals surface area contributed by atoms with Crippen LogP contribution in [0.1, 0.15) is 61.9 Å². The zero-order valence-corrected chi connectivity index (χ0v) is 23.7. The van der Waals surface area contributed by atoms with Crippen molar-refractivity contribution in [3.8, 4) is 11.5 Å². The topological polar surface area (TPSA) is 77.5 Å². The van der Waals surface area contributed by atoms with E-state index in [1.54, 1.807) is 20.8 Å². The van der Waals surface area contributed by atoms with Crippen LogP contribution in [0.25, 0.3) is 0 Å². The highest BCUT2D eigenvalue weighted by atomic mass is 19.4. The molecule has 2 aromatic carbocycles. The molecule has 0 aliphatic carbocycles. The molecule has 3 rings (SSSR count). The first-order chi connectivity index (χ1) is 19.7. The summed E-state index contributed by atoms with van der Waals surface area (Å²) in [6, 6.07) is 2.60. The van der Waals surface area contributed by atoms with Crippen molar-refractivity contribution in [2.24, 2.45) is 0 Å². The van der Waals surface area contributed by atoms with Gasteiger partial charge in [-0.1, -0.05) is 6.92 Å². The van der Waals surface area contributed by atoms with E-state index in [1.807, 2.05) is 0 Å². The fourth-order valence-electron chi connectivity index (χ4n) is 4.80. The maximum Gasteiger partial charge on any atom is 0.416 e. The van der Waals surface area contributed by atoms with Crippen LogP contribution in [0, 0.1) is 0 Å². The monoisotopic (exact) mass is 606 g/mol. The minimum absolute atomic E-state index is 0.0234. The molecule has 0 saturated carbocycles. The first-order valence-electron chi connectivity index (χ1n) is 13.1. The quantitative estimate of drug-likeness (QED) is 0.288. The number of anilines is 1. The van der Waals surface area contributed by atoms with Gasteiger partial charge in [-0.15, -0.1) is 0 Å². The van der Waals surface area contributed by atoms with Gasteiger partial charge in [0, 0.05) is 24.2 Å². The molecule has 0 spiro atoms. The van der Waals surface area contributed by atoms with E-state index in [9.17, 15) is 35.9 Å². The number of methoxy groups -OCH3 is 2. The van der Waals surface area contributed by atoms with E-state index in [0.29, 0.717) is 24.1 Å². The number of ether oxygens (including phenoxy) is 4. The third-order valence-corrected chi connectivity index (χ3v) is 6.66. The second-order valence-corrected chi connectivity index (χ2v) is 9.59. The molecular weight excluding hydrogens is 574 g/mol. The maximum absolute atomic E-state index is 13.6. The molecule has 14 heteroatoms. The average Bonchev–Trinajstić information content (AvgIpc) is 2.92. The van der Waals surface area contributed by atoms with Crippen LogP contribution in [0.15, 0.2) is 30.3 Å². The molecule has 2 atom stereocenters. The number of carbonyl (C=O) groups excluding carboxylic acids is 2. The number of benzene rings is 2. The summed E-state index contributed by atoms with van der Waals surface area (Å²) < 4.78 is 103. The van der Waals surface area contributed by atoms with Gasteiger partial charge >= 0.3 is 24.5 Å². The lowest BCUT2D eigenvalue weighted by Gasteiger charge is -2.42. The Bertz CT molecular complexity index is 1250. The van der Waals surface area contributed by atoms with E-state index >= 15 is 0 Å². The lowest BCUT2D eigenvalue weighted by molar-refractivity contribution is -0.143. The Labute approximate surface area is 239 Å². The number of fused-ring (bicyclic) bond motifs is 1. The van der Waals surface area contributed by atoms with Crippen LogP contribution in [0.3, 0.4) is 0 Å². The van der Waals surface area contributed by atoms with Gasteiger partial charge in [0.15, 0.2) is 11.5 Å². The molecule has 0 saturated heterocycles. The van der Waals surface area contributed by atoms with Gasteiger partial charge in [-0.2, -0.15) is 26.3 Å². The highest BCUT2D eigenvalue weighted by molar-refractivity contribution is 5.91. The van der Waals surface area contributed by atoms with Gasteiger partial charge < -0.3 is 18.9 Å². The molecule has 0 aromatic heterocycles. The maximum atomic E-state index is 13.6. The fraction of sp³-hybridized carbons (Fsp3) is 0.500. The number of hydrogen-bond acceptors (Lipinski definition) is 6. The van der Waals surface area contributed by atoms with Crippen LogP contribution in [0.5, 0.6) is 11.5 Å². The van der Waals surface area contributed by atoms with Gasteiger partial charge in [-0.25, -0.2) is 9.59 Å². The highest BCUT2D eigenvalue weighted by Gasteiger charge is 2.42. The zero-order chi connectivity index (χ0) is 31.4. The minimum Gasteiger partial charge on any atom is -0.493 e. The molecule has 0 bridgehead atoms. The molecule has 1 aliphatic heterocycles. The fourth-order valence-corrected chi connectivity index (χ4v) is 4.80. The summed E-state index contributed by atoms with van der Waals surface area (Å²) in [7, 11) is 2.74. The lowest BCUT2D eigenvalue weighted by atomic mass is 9.90. The van der Waals surface area contributed by atoms with Crippen LogP contribution in [0.2, 0.25) is 0 Å². The zero-order valence-electron chi connectivity index (χ0n) is 23.7. The van der Waals surface area contributed by atoms with Crippen LogP contribution >= 0.6 is 0 Å². The third-order valence-electron chi connectivity index (χ3n) is 6.66. The van der Waals surface area contributed by atoms with Gasteiger partial charge in [0.25, 0.3) is 0 Å². The Morgan fingerprint density at radius 3 is 1.98 bits per heavy atom. The van der Waals surface area contributed by atoms with Crippen LogP contribution in [-0.2, 0) is 28.4 Å². The number of amides is 2. The predicted molar refractivity (Wildman–Crippen MR) is 139 cm³/mol. The first kappa shape index (κ1) is 32.7. The van der Waals surface area contributed by atoms with Gasteiger partial charge in [0.05, 0.1) is 50.3 Å². The van der Waals surface area contributed by atoms with Gasteiger partial charge in [-0.05, 0) is 56.5 Å². The van der Waals surface area contributed by atoms with E-state index in [0.717, 1.165) is 4.90 Å². The summed E-state index contributed by atoms with van der Waals surface area (Å²) in [6.45, 7) is 4.40. The summed E-state index contributed by atoms with van der Waals surface area (Å²) in [6.07, 6.45) is -11.3. The van der Waals surface area contributed by atoms with Crippen LogP contribution < -0.4 is 14.4 Å². The summed E-state index contributed by atoms with van der Waals surface area (Å²) in [5.74, 6) is 0.464. The Morgan fingerprint density at radius 1 is 0.905 bits per heavy atom. The standard InChI is InChI=1S/C28H32F6N2O6/c1-6-8-42-25(37)35(15-17-10-18(27(29,30)31)12-19(11-17)28(32,33)34)21-9-16(3)36(26(38)41-7-2)22-14-24(40-5)23(39-4)13-20(21)22/h10-14,16,21H,6-9,15H2,1-5H3/t16-,21+/m1/s1. The molecule has 0 N–H and O–H groups in total. The lowest BCUT2D eigenvalue weighted by Crippen LogP contribution is -2.47. The number of hydrogen-bond donors (Lipinski definition) is 0. The molecule has 0 radical (unpaired) electrons. The molecule has 0 fully saturated rings. The largest absolute Gasteiger partial charge is 0.493 e. The van der Waals surface area contributed by atoms with Crippen LogP contribution in [0.4, 0.5) is 41.6 Å². The van der Waals surface area contributed by atoms with Gasteiger partial charge in [-0.3, -0.25) is 9.80 Å². The molecule has 232 valence electrons. The van der Waals surface area contributed by atoms with Crippen molar-refractivity contribution >= 4 is 17.9 Å². The minimum atomic E-state index is -5.07. The molecule has 2 aromatic rings. The Hall–Kier alpha value is -3.84. The molecule has 8 nitrogen and oxygen atoms in total. The second kappa shape index (κ2) is 13.0. The average molecular weight is 607 g/mol. The van der Waals surface area contributed by atoms with Gasteiger partial charge in [0.2, 0.25) is 0 Å². The predicted octanol–water partition coefficient (Wildman–Crippen LogP) is 7.59. The SMILES string of the molecule is CCCOC(=O)N(Cc1cc(C(F)(F)F)cc(C(F)(F)F)c1)[C@H]1C[C@@H](C)N(C(=O)OCC)c2cc(OC)c(OC)cc21. The molecule has 1 heterocycles. The van der Waals surface area contributed by atoms with Crippen molar-refractivity contribution in [3.63, 3.8) is 0 Å². The highest BCUT2D eigenvalue weighted by Crippen LogP contribution is 2.47. The summed E-state index contributed by atoms with van der Waals surface area (Å²) >= 11 is 0. The molecule has 2 amide bonds. The van der Waals surface area contributed by atoms with Crippen molar-refractivity contribution < 1.29 is 54.9 Å². The van der Waals surface area contributed by atoms with Crippen LogP contribution in [-0.4, -0.2) is 50.6 Å². The van der Waals surface area contributed by atoms with E-state index in [-0.39, 0.29) is 42.9 Å². The van der Waals surface area contributed by atoms with E-state index in [4.69, 9.17) is 18.9 Å². The van der Waals surface area contributed by atoms with Crippen molar-refractivity contribution in [3.05, 3.63) is 52.6 Å². The van der Waals surface area contributed by atoms with Gasteiger partial charge in [0.1, 0.15) is 0 Å². The normalized spacial score (nSPS) is 16.9. The number of alkyl halides is 6. The van der Waals surface area contributed by atoms with Crippen molar-refractivity contribution in [1.82, 2.24) is 4.90 Å². The second-order valence-electron chi connectivity index (χ2n) is 9.59. The number of rotatable bonds is 8. The van der Waals surface area contributed by atoms with E-state index < -0.39 is 59.9 Å². The third kappa shape index (κ3) is 7.13. The first-order valence-corrected chi connectivity index (χ1v) is 13.1. The molecule has 1 aliphatic rings. The van der Waals surface area contributed by atoms with Crippen molar-refractivity contribution in [2.75, 3.05) is 32.3 Å². The summed E-state index contributed by atoms with van der Waals surface area (Å²) in [4.78, 5) is 28.7. The van der Waals surface area contributed by atoms with E-state index in [2.05, 4.69) is 0 Å². The van der Waals surface area contributed by atoms with E-state index in [1.165, 1.54) is 31.3 Å². The van der Waals surface area contributed by atoms with Crippen molar-refractivity contribution in [1.29, 1.82) is 0 Å². The number of carbonyl (C=O) groups is 2. The number of halogens is 6. The molecule has 42 heavy (non-hydrogen) atoms.